The summed E-state index contributed by atoms with van der Waals surface area (Å²) < 4.78 is 66.3. The molecule has 36 heavy (non-hydrogen) atoms. The smallest absolute Gasteiger partial charge is 0.362 e. The van der Waals surface area contributed by atoms with Gasteiger partial charge in [-0.2, -0.15) is 13.2 Å². The first-order valence-electron chi connectivity index (χ1n) is 12.5. The van der Waals surface area contributed by atoms with Crippen LogP contribution in [-0.4, -0.2) is 76.3 Å². The Bertz CT molecular complexity index is 1100. The number of alkyl halides is 5. The zero-order chi connectivity index (χ0) is 25.5. The molecule has 1 aliphatic carbocycles. The molecule has 2 aromatic rings. The number of aromatic nitrogens is 2. The van der Waals surface area contributed by atoms with Crippen molar-refractivity contribution in [1.29, 1.82) is 0 Å². The van der Waals surface area contributed by atoms with Crippen molar-refractivity contribution < 1.29 is 26.7 Å². The van der Waals surface area contributed by atoms with Crippen molar-refractivity contribution in [2.45, 2.75) is 62.7 Å². The van der Waals surface area contributed by atoms with E-state index in [1.54, 1.807) is 0 Å². The number of rotatable bonds is 7. The number of nitrogens with zero attached hydrogens (tertiary/aromatic N) is 4. The van der Waals surface area contributed by atoms with Crippen LogP contribution in [0, 0.1) is 5.92 Å². The molecule has 1 aromatic carbocycles. The van der Waals surface area contributed by atoms with Crippen LogP contribution in [-0.2, 0) is 11.0 Å². The van der Waals surface area contributed by atoms with E-state index >= 15 is 0 Å². The molecule has 0 atom stereocenters. The molecule has 5 rings (SSSR count). The number of hydrogen-bond donors (Lipinski definition) is 1. The van der Waals surface area contributed by atoms with E-state index in [0.29, 0.717) is 24.5 Å². The highest BCUT2D eigenvalue weighted by molar-refractivity contribution is 5.91. The number of fused-ring (bicyclic) bond motifs is 1. The van der Waals surface area contributed by atoms with Crippen molar-refractivity contribution in [2.24, 2.45) is 5.92 Å². The standard InChI is InChI=1S/C25H30F5N5O/c26-24(27)7-8-34(14-24)18-2-4-19(5-3-18)35-12-16(13-35)9-20(36)11-31-23-21-10-17(25(28,29)30)1-6-22(21)32-15-33-23/h1,6,10,15-16,18-19H,2-5,7-9,11-14H2,(H,31,32,33). The highest BCUT2D eigenvalue weighted by Crippen LogP contribution is 2.36. The lowest BCUT2D eigenvalue weighted by molar-refractivity contribution is -0.137. The minimum absolute atomic E-state index is 0.00949. The van der Waals surface area contributed by atoms with Crippen LogP contribution in [0.5, 0.6) is 0 Å². The van der Waals surface area contributed by atoms with Crippen LogP contribution in [0.25, 0.3) is 10.9 Å². The van der Waals surface area contributed by atoms with Crippen LogP contribution in [0.3, 0.4) is 0 Å². The number of ketones is 1. The van der Waals surface area contributed by atoms with Crippen molar-refractivity contribution in [2.75, 3.05) is 38.0 Å². The van der Waals surface area contributed by atoms with E-state index in [1.807, 2.05) is 4.90 Å². The summed E-state index contributed by atoms with van der Waals surface area (Å²) >= 11 is 0. The third-order valence-electron chi connectivity index (χ3n) is 7.82. The molecule has 1 aromatic heterocycles. The number of halogens is 5. The summed E-state index contributed by atoms with van der Waals surface area (Å²) in [4.78, 5) is 24.9. The first kappa shape index (κ1) is 25.3. The topological polar surface area (TPSA) is 61.4 Å². The lowest BCUT2D eigenvalue weighted by Gasteiger charge is -2.47. The van der Waals surface area contributed by atoms with Crippen LogP contribution >= 0.6 is 0 Å². The summed E-state index contributed by atoms with van der Waals surface area (Å²) in [5.41, 5.74) is -0.420. The first-order valence-corrected chi connectivity index (χ1v) is 12.5. The lowest BCUT2D eigenvalue weighted by atomic mass is 9.85. The predicted molar refractivity (Wildman–Crippen MR) is 125 cm³/mol. The highest BCUT2D eigenvalue weighted by atomic mass is 19.4. The molecule has 1 saturated carbocycles. The second-order valence-electron chi connectivity index (χ2n) is 10.4. The van der Waals surface area contributed by atoms with Gasteiger partial charge in [0.2, 0.25) is 0 Å². The largest absolute Gasteiger partial charge is 0.416 e. The van der Waals surface area contributed by atoms with E-state index < -0.39 is 17.7 Å². The maximum Gasteiger partial charge on any atom is 0.416 e. The monoisotopic (exact) mass is 511 g/mol. The van der Waals surface area contributed by atoms with Crippen molar-refractivity contribution in [3.63, 3.8) is 0 Å². The van der Waals surface area contributed by atoms with E-state index in [9.17, 15) is 26.7 Å². The molecule has 0 unspecified atom stereocenters. The summed E-state index contributed by atoms with van der Waals surface area (Å²) in [5, 5.41) is 3.12. The summed E-state index contributed by atoms with van der Waals surface area (Å²) in [5.74, 6) is -2.09. The van der Waals surface area contributed by atoms with Gasteiger partial charge in [-0.05, 0) is 49.8 Å². The van der Waals surface area contributed by atoms with Gasteiger partial charge in [-0.15, -0.1) is 0 Å². The molecule has 0 amide bonds. The van der Waals surface area contributed by atoms with Gasteiger partial charge in [-0.1, -0.05) is 0 Å². The van der Waals surface area contributed by atoms with Crippen molar-refractivity contribution in [3.05, 3.63) is 30.1 Å². The highest BCUT2D eigenvalue weighted by Gasteiger charge is 2.42. The minimum atomic E-state index is -4.48. The number of carbonyl (C=O) groups excluding carboxylic acids is 1. The molecule has 0 bridgehead atoms. The maximum atomic E-state index is 13.5. The van der Waals surface area contributed by atoms with E-state index in [-0.39, 0.29) is 48.5 Å². The summed E-state index contributed by atoms with van der Waals surface area (Å²) in [6.45, 7) is 2.05. The van der Waals surface area contributed by atoms with Gasteiger partial charge in [0.25, 0.3) is 5.92 Å². The second-order valence-corrected chi connectivity index (χ2v) is 10.4. The van der Waals surface area contributed by atoms with Crippen molar-refractivity contribution in [3.8, 4) is 0 Å². The molecule has 3 fully saturated rings. The van der Waals surface area contributed by atoms with Gasteiger partial charge >= 0.3 is 6.18 Å². The third kappa shape index (κ3) is 5.61. The molecule has 1 N–H and O–H groups in total. The number of anilines is 1. The number of likely N-dealkylation sites (tertiary alicyclic amines) is 2. The molecular formula is C25H30F5N5O. The van der Waals surface area contributed by atoms with Crippen LogP contribution in [0.15, 0.2) is 24.5 Å². The van der Waals surface area contributed by atoms with Gasteiger partial charge < -0.3 is 5.32 Å². The Labute approximate surface area is 206 Å². The number of benzene rings is 1. The third-order valence-corrected chi connectivity index (χ3v) is 7.82. The Balaban J connectivity index is 1.06. The molecule has 6 nitrogen and oxygen atoms in total. The van der Waals surface area contributed by atoms with Crippen molar-refractivity contribution in [1.82, 2.24) is 19.8 Å². The van der Waals surface area contributed by atoms with Gasteiger partial charge in [0.1, 0.15) is 12.1 Å². The van der Waals surface area contributed by atoms with E-state index in [0.717, 1.165) is 50.9 Å². The Hall–Kier alpha value is -2.40. The van der Waals surface area contributed by atoms with E-state index in [2.05, 4.69) is 20.2 Å². The molecule has 11 heteroatoms. The molecule has 0 spiro atoms. The molecule has 2 saturated heterocycles. The molecule has 196 valence electrons. The van der Waals surface area contributed by atoms with Crippen LogP contribution in [0.4, 0.5) is 27.8 Å². The Kier molecular flexibility index (Phi) is 6.88. The number of carbonyl (C=O) groups is 1. The minimum Gasteiger partial charge on any atom is -0.362 e. The van der Waals surface area contributed by atoms with Gasteiger partial charge in [0.15, 0.2) is 5.78 Å². The van der Waals surface area contributed by atoms with Gasteiger partial charge in [-0.3, -0.25) is 14.6 Å². The predicted octanol–water partition coefficient (Wildman–Crippen LogP) is 4.60. The zero-order valence-electron chi connectivity index (χ0n) is 19.9. The van der Waals surface area contributed by atoms with Crippen LogP contribution < -0.4 is 5.32 Å². The normalized spacial score (nSPS) is 25.7. The quantitative estimate of drug-likeness (QED) is 0.549. The Morgan fingerprint density at radius 3 is 2.39 bits per heavy atom. The Morgan fingerprint density at radius 2 is 1.75 bits per heavy atom. The maximum absolute atomic E-state index is 13.5. The summed E-state index contributed by atoms with van der Waals surface area (Å²) in [6, 6.07) is 3.97. The fraction of sp³-hybridized carbons (Fsp3) is 0.640. The molecule has 3 aliphatic rings. The fourth-order valence-electron chi connectivity index (χ4n) is 5.85. The molecule has 3 heterocycles. The van der Waals surface area contributed by atoms with Gasteiger partial charge in [-0.25, -0.2) is 18.7 Å². The second kappa shape index (κ2) is 9.81. The molecule has 2 aliphatic heterocycles. The van der Waals surface area contributed by atoms with E-state index in [1.165, 1.54) is 12.4 Å². The number of nitrogens with one attached hydrogen (secondary N) is 1. The lowest BCUT2D eigenvalue weighted by Crippen LogP contribution is -2.54. The summed E-state index contributed by atoms with van der Waals surface area (Å²) in [7, 11) is 0. The average molecular weight is 512 g/mol. The van der Waals surface area contributed by atoms with Crippen LogP contribution in [0.1, 0.15) is 44.1 Å². The molecular weight excluding hydrogens is 481 g/mol. The molecule has 0 radical (unpaired) electrons. The average Bonchev–Trinajstić information content (AvgIpc) is 3.18. The zero-order valence-corrected chi connectivity index (χ0v) is 19.9. The van der Waals surface area contributed by atoms with Gasteiger partial charge in [0, 0.05) is 49.9 Å². The SMILES string of the molecule is O=C(CNc1ncnc2ccc(C(F)(F)F)cc12)CC1CN(C2CCC(N3CCC(F)(F)C3)CC2)C1. The van der Waals surface area contributed by atoms with Crippen LogP contribution in [0.2, 0.25) is 0 Å². The number of Topliss-reactive ketones (excluding diaryl/α,β-unsaturated/α-hetero) is 1. The van der Waals surface area contributed by atoms with E-state index in [4.69, 9.17) is 0 Å². The fourth-order valence-corrected chi connectivity index (χ4v) is 5.85. The Morgan fingerprint density at radius 1 is 1.06 bits per heavy atom. The van der Waals surface area contributed by atoms with Crippen molar-refractivity contribution >= 4 is 22.5 Å². The summed E-state index contributed by atoms with van der Waals surface area (Å²) in [6.07, 6.45) is 1.02. The van der Waals surface area contributed by atoms with Gasteiger partial charge in [0.05, 0.1) is 24.2 Å². The number of hydrogen-bond acceptors (Lipinski definition) is 6. The first-order chi connectivity index (χ1) is 17.1.